The number of rotatable bonds is 10. The van der Waals surface area contributed by atoms with Crippen LogP contribution in [0.1, 0.15) is 89.6 Å². The molecule has 0 aliphatic carbocycles. The van der Waals surface area contributed by atoms with Crippen molar-refractivity contribution in [3.8, 4) is 0 Å². The molecule has 0 atom stereocenters. The summed E-state index contributed by atoms with van der Waals surface area (Å²) in [5, 5.41) is 0. The molecular weight excluding hydrogens is 296 g/mol. The molecule has 1 aromatic carbocycles. The van der Waals surface area contributed by atoms with Crippen molar-refractivity contribution in [3.05, 3.63) is 35.4 Å². The van der Waals surface area contributed by atoms with Crippen molar-refractivity contribution in [1.82, 2.24) is 0 Å². The number of hydrogen-bond donors (Lipinski definition) is 0. The SMILES string of the molecule is CCCCCCC1(C)COC(c2ccc(CCCCC)cc2)OC1. The van der Waals surface area contributed by atoms with Gasteiger partial charge in [-0.2, -0.15) is 0 Å². The Kier molecular flexibility index (Phi) is 8.28. The number of ether oxygens (including phenoxy) is 2. The molecule has 0 amide bonds. The Morgan fingerprint density at radius 1 is 0.875 bits per heavy atom. The predicted molar refractivity (Wildman–Crippen MR) is 101 cm³/mol. The van der Waals surface area contributed by atoms with Crippen LogP contribution < -0.4 is 0 Å². The molecule has 1 fully saturated rings. The molecule has 2 nitrogen and oxygen atoms in total. The zero-order valence-electron chi connectivity index (χ0n) is 16.0. The molecule has 1 aromatic rings. The highest BCUT2D eigenvalue weighted by atomic mass is 16.7. The van der Waals surface area contributed by atoms with Gasteiger partial charge >= 0.3 is 0 Å². The van der Waals surface area contributed by atoms with Gasteiger partial charge in [0.25, 0.3) is 0 Å². The van der Waals surface area contributed by atoms with Crippen molar-refractivity contribution in [3.63, 3.8) is 0 Å². The summed E-state index contributed by atoms with van der Waals surface area (Å²) in [6, 6.07) is 8.82. The Labute approximate surface area is 148 Å². The maximum absolute atomic E-state index is 6.05. The minimum atomic E-state index is -0.182. The first-order valence-electron chi connectivity index (χ1n) is 9.99. The second-order valence-electron chi connectivity index (χ2n) is 7.77. The summed E-state index contributed by atoms with van der Waals surface area (Å²) in [4.78, 5) is 0. The maximum Gasteiger partial charge on any atom is 0.183 e. The molecule has 0 saturated carbocycles. The van der Waals surface area contributed by atoms with Crippen molar-refractivity contribution >= 4 is 0 Å². The fraction of sp³-hybridized carbons (Fsp3) is 0.727. The molecule has 24 heavy (non-hydrogen) atoms. The lowest BCUT2D eigenvalue weighted by Crippen LogP contribution is -2.36. The Hall–Kier alpha value is -0.860. The van der Waals surface area contributed by atoms with E-state index in [4.69, 9.17) is 9.47 Å². The van der Waals surface area contributed by atoms with Crippen molar-refractivity contribution < 1.29 is 9.47 Å². The van der Waals surface area contributed by atoms with Crippen molar-refractivity contribution in [2.45, 2.75) is 84.8 Å². The van der Waals surface area contributed by atoms with Gasteiger partial charge in [-0.3, -0.25) is 0 Å². The first kappa shape index (κ1) is 19.5. The van der Waals surface area contributed by atoms with E-state index in [1.165, 1.54) is 63.4 Å². The van der Waals surface area contributed by atoms with Crippen LogP contribution in [0.25, 0.3) is 0 Å². The minimum Gasteiger partial charge on any atom is -0.348 e. The van der Waals surface area contributed by atoms with Crippen LogP contribution >= 0.6 is 0 Å². The molecule has 0 bridgehead atoms. The van der Waals surface area contributed by atoms with E-state index in [2.05, 4.69) is 45.0 Å². The van der Waals surface area contributed by atoms with Gasteiger partial charge in [-0.1, -0.05) is 83.6 Å². The van der Waals surface area contributed by atoms with Crippen molar-refractivity contribution in [2.24, 2.45) is 5.41 Å². The van der Waals surface area contributed by atoms with Crippen LogP contribution in [0, 0.1) is 5.41 Å². The summed E-state index contributed by atoms with van der Waals surface area (Å²) < 4.78 is 12.1. The summed E-state index contributed by atoms with van der Waals surface area (Å²) in [6.45, 7) is 8.42. The van der Waals surface area contributed by atoms with Gasteiger partial charge in [0.05, 0.1) is 13.2 Å². The van der Waals surface area contributed by atoms with E-state index in [0.717, 1.165) is 18.8 Å². The highest BCUT2D eigenvalue weighted by molar-refractivity contribution is 5.23. The molecule has 1 aliphatic rings. The molecule has 0 spiro atoms. The average Bonchev–Trinajstić information content (AvgIpc) is 2.61. The second-order valence-corrected chi connectivity index (χ2v) is 7.77. The lowest BCUT2D eigenvalue weighted by atomic mass is 9.85. The lowest BCUT2D eigenvalue weighted by molar-refractivity contribution is -0.232. The van der Waals surface area contributed by atoms with Gasteiger partial charge in [0.1, 0.15) is 0 Å². The van der Waals surface area contributed by atoms with Crippen LogP contribution in [-0.4, -0.2) is 13.2 Å². The van der Waals surface area contributed by atoms with E-state index in [9.17, 15) is 0 Å². The van der Waals surface area contributed by atoms with E-state index in [1.807, 2.05) is 0 Å². The molecule has 0 radical (unpaired) electrons. The molecule has 0 unspecified atom stereocenters. The van der Waals surface area contributed by atoms with E-state index < -0.39 is 0 Å². The van der Waals surface area contributed by atoms with Gasteiger partial charge < -0.3 is 9.47 Å². The third kappa shape index (κ3) is 6.22. The Bertz CT molecular complexity index is 444. The highest BCUT2D eigenvalue weighted by Gasteiger charge is 2.32. The van der Waals surface area contributed by atoms with Crippen LogP contribution in [0.15, 0.2) is 24.3 Å². The monoisotopic (exact) mass is 332 g/mol. The smallest absolute Gasteiger partial charge is 0.183 e. The highest BCUT2D eigenvalue weighted by Crippen LogP contribution is 2.35. The Morgan fingerprint density at radius 3 is 2.12 bits per heavy atom. The zero-order valence-corrected chi connectivity index (χ0v) is 16.0. The fourth-order valence-electron chi connectivity index (χ4n) is 3.38. The molecule has 2 heteroatoms. The molecule has 2 rings (SSSR count). The summed E-state index contributed by atoms with van der Waals surface area (Å²) in [5.74, 6) is 0. The average molecular weight is 333 g/mol. The lowest BCUT2D eigenvalue weighted by Gasteiger charge is -2.37. The third-order valence-electron chi connectivity index (χ3n) is 5.12. The standard InChI is InChI=1S/C22H36O2/c1-4-6-8-10-16-22(3)17-23-21(24-18-22)20-14-12-19(13-15-20)11-9-7-5-2/h12-15,21H,4-11,16-18H2,1-3H3. The van der Waals surface area contributed by atoms with E-state index in [0.29, 0.717) is 0 Å². The molecule has 1 saturated heterocycles. The molecule has 0 N–H and O–H groups in total. The first-order valence-corrected chi connectivity index (χ1v) is 9.99. The van der Waals surface area contributed by atoms with Gasteiger partial charge in [-0.05, 0) is 24.8 Å². The van der Waals surface area contributed by atoms with E-state index in [-0.39, 0.29) is 11.7 Å². The number of aryl methyl sites for hydroxylation is 1. The van der Waals surface area contributed by atoms with Crippen LogP contribution in [0.2, 0.25) is 0 Å². The van der Waals surface area contributed by atoms with E-state index in [1.54, 1.807) is 0 Å². The van der Waals surface area contributed by atoms with Gasteiger partial charge in [-0.25, -0.2) is 0 Å². The molecule has 1 heterocycles. The first-order chi connectivity index (χ1) is 11.7. The summed E-state index contributed by atoms with van der Waals surface area (Å²) in [7, 11) is 0. The minimum absolute atomic E-state index is 0.182. The van der Waals surface area contributed by atoms with Crippen LogP contribution in [0.4, 0.5) is 0 Å². The zero-order chi connectivity index (χ0) is 17.3. The van der Waals surface area contributed by atoms with E-state index >= 15 is 0 Å². The largest absolute Gasteiger partial charge is 0.348 e. The van der Waals surface area contributed by atoms with Crippen molar-refractivity contribution in [1.29, 1.82) is 0 Å². The molecule has 136 valence electrons. The summed E-state index contributed by atoms with van der Waals surface area (Å²) in [6.07, 6.45) is 11.3. The predicted octanol–water partition coefficient (Wildman–Crippen LogP) is 6.44. The second kappa shape index (κ2) is 10.2. The number of unbranched alkanes of at least 4 members (excludes halogenated alkanes) is 5. The van der Waals surface area contributed by atoms with Gasteiger partial charge in [0.2, 0.25) is 0 Å². The molecular formula is C22H36O2. The number of hydrogen-bond acceptors (Lipinski definition) is 2. The normalized spacial score (nSPS) is 24.2. The fourth-order valence-corrected chi connectivity index (χ4v) is 3.38. The van der Waals surface area contributed by atoms with Gasteiger partial charge in [0, 0.05) is 11.0 Å². The summed E-state index contributed by atoms with van der Waals surface area (Å²) in [5.41, 5.74) is 2.76. The quantitative estimate of drug-likeness (QED) is 0.459. The summed E-state index contributed by atoms with van der Waals surface area (Å²) >= 11 is 0. The Morgan fingerprint density at radius 2 is 1.50 bits per heavy atom. The van der Waals surface area contributed by atoms with Gasteiger partial charge in [0.15, 0.2) is 6.29 Å². The number of benzene rings is 1. The molecule has 0 aromatic heterocycles. The van der Waals surface area contributed by atoms with Crippen molar-refractivity contribution in [2.75, 3.05) is 13.2 Å². The molecule has 1 aliphatic heterocycles. The van der Waals surface area contributed by atoms with Gasteiger partial charge in [-0.15, -0.1) is 0 Å². The van der Waals surface area contributed by atoms with Crippen LogP contribution in [0.5, 0.6) is 0 Å². The van der Waals surface area contributed by atoms with Crippen LogP contribution in [-0.2, 0) is 15.9 Å². The topological polar surface area (TPSA) is 18.5 Å². The van der Waals surface area contributed by atoms with Crippen LogP contribution in [0.3, 0.4) is 0 Å². The maximum atomic E-state index is 6.05. The third-order valence-corrected chi connectivity index (χ3v) is 5.12. The Balaban J connectivity index is 1.77.